The number of halogens is 1. The van der Waals surface area contributed by atoms with E-state index < -0.39 is 35.2 Å². The first-order chi connectivity index (χ1) is 21.9. The molecule has 0 saturated heterocycles. The van der Waals surface area contributed by atoms with Gasteiger partial charge in [-0.05, 0) is 57.5 Å². The lowest BCUT2D eigenvalue weighted by Gasteiger charge is -2.21. The van der Waals surface area contributed by atoms with Crippen LogP contribution in [-0.2, 0) is 16.0 Å². The average molecular weight is 637 g/mol. The molecule has 46 heavy (non-hydrogen) atoms. The number of nitrogens with one attached hydrogen (secondary N) is 4. The summed E-state index contributed by atoms with van der Waals surface area (Å²) in [6, 6.07) is 8.11. The standard InChI is InChI=1S/C30H33FN8O7/c1-7-45-27(40)20-15-34-37-26(20)39-28(41)36-25(38-39)24(19-11-22(43-5)23(44-6)12-21(19)31)35-18-9-8-16(13-32)17(10-18)14-33-29(42)46-30(2,3)4/h8-12,15,24,35H,7,14H2,1-6H3,(H,33,42)(H,34,37)(H,36,38,41). The van der Waals surface area contributed by atoms with Crippen LogP contribution in [0.15, 0.2) is 41.3 Å². The molecule has 0 aliphatic carbocycles. The van der Waals surface area contributed by atoms with Gasteiger partial charge in [0.1, 0.15) is 23.0 Å². The molecule has 0 bridgehead atoms. The quantitative estimate of drug-likeness (QED) is 0.175. The summed E-state index contributed by atoms with van der Waals surface area (Å²) in [7, 11) is 2.75. The Morgan fingerprint density at radius 2 is 1.87 bits per heavy atom. The molecule has 0 fully saturated rings. The first kappa shape index (κ1) is 33.1. The van der Waals surface area contributed by atoms with E-state index in [1.54, 1.807) is 39.8 Å². The van der Waals surface area contributed by atoms with Crippen molar-refractivity contribution in [3.8, 4) is 23.4 Å². The Morgan fingerprint density at radius 3 is 2.52 bits per heavy atom. The normalized spacial score (nSPS) is 11.7. The molecule has 0 spiro atoms. The molecule has 4 N–H and O–H groups in total. The molecule has 0 aliphatic rings. The molecule has 15 nitrogen and oxygen atoms in total. The van der Waals surface area contributed by atoms with Crippen molar-refractivity contribution in [2.45, 2.75) is 45.9 Å². The molecule has 2 heterocycles. The third-order valence-corrected chi connectivity index (χ3v) is 6.41. The molecule has 4 rings (SSSR count). The first-order valence-corrected chi connectivity index (χ1v) is 14.0. The number of carbonyl (C=O) groups excluding carboxylic acids is 2. The number of esters is 1. The van der Waals surface area contributed by atoms with Crippen LogP contribution in [0.4, 0.5) is 14.9 Å². The topological polar surface area (TPSA) is 198 Å². The summed E-state index contributed by atoms with van der Waals surface area (Å²) in [6.07, 6.45) is 0.519. The highest BCUT2D eigenvalue weighted by Gasteiger charge is 2.27. The lowest BCUT2D eigenvalue weighted by atomic mass is 10.0. The second kappa shape index (κ2) is 13.8. The highest BCUT2D eigenvalue weighted by molar-refractivity contribution is 5.92. The number of hydrogen-bond acceptors (Lipinski definition) is 11. The Kier molecular flexibility index (Phi) is 9.95. The number of nitrogens with zero attached hydrogens (tertiary/aromatic N) is 4. The van der Waals surface area contributed by atoms with Gasteiger partial charge in [0.05, 0.1) is 38.7 Å². The minimum absolute atomic E-state index is 0.00608. The Labute approximate surface area is 262 Å². The van der Waals surface area contributed by atoms with Crippen LogP contribution in [-0.4, -0.2) is 63.5 Å². The minimum atomic E-state index is -1.16. The van der Waals surface area contributed by atoms with Crippen molar-refractivity contribution >= 4 is 17.7 Å². The van der Waals surface area contributed by atoms with Gasteiger partial charge in [-0.25, -0.2) is 18.8 Å². The molecular formula is C30H33FN8O7. The van der Waals surface area contributed by atoms with E-state index in [2.05, 4.69) is 37.0 Å². The number of anilines is 1. The molecule has 0 aliphatic heterocycles. The summed E-state index contributed by atoms with van der Waals surface area (Å²) >= 11 is 0. The molecule has 2 aromatic heterocycles. The van der Waals surface area contributed by atoms with Crippen LogP contribution < -0.4 is 25.8 Å². The fourth-order valence-electron chi connectivity index (χ4n) is 4.39. The highest BCUT2D eigenvalue weighted by Crippen LogP contribution is 2.35. The number of ether oxygens (including phenoxy) is 4. The van der Waals surface area contributed by atoms with Crippen molar-refractivity contribution in [1.29, 1.82) is 5.26 Å². The van der Waals surface area contributed by atoms with Crippen molar-refractivity contribution in [2.24, 2.45) is 0 Å². The molecule has 2 aromatic carbocycles. The Hall–Kier alpha value is -5.85. The SMILES string of the molecule is CCOC(=O)c1cn[nH]c1-n1nc(C(Nc2ccc(C#N)c(CNC(=O)OC(C)(C)C)c2)c2cc(OC)c(OC)cc2F)[nH]c1=O. The van der Waals surface area contributed by atoms with Gasteiger partial charge in [0.25, 0.3) is 0 Å². The number of aromatic amines is 2. The van der Waals surface area contributed by atoms with Crippen molar-refractivity contribution < 1.29 is 32.9 Å². The van der Waals surface area contributed by atoms with Crippen LogP contribution in [0.3, 0.4) is 0 Å². The molecule has 0 radical (unpaired) electrons. The Balaban J connectivity index is 1.79. The number of hydrogen-bond donors (Lipinski definition) is 4. The van der Waals surface area contributed by atoms with Crippen LogP contribution in [0.25, 0.3) is 5.82 Å². The summed E-state index contributed by atoms with van der Waals surface area (Å²) < 4.78 is 37.5. The number of H-pyrrole nitrogens is 2. The van der Waals surface area contributed by atoms with E-state index in [4.69, 9.17) is 18.9 Å². The zero-order chi connectivity index (χ0) is 33.6. The van der Waals surface area contributed by atoms with E-state index in [-0.39, 0.29) is 53.0 Å². The maximum atomic E-state index is 15.7. The maximum Gasteiger partial charge on any atom is 0.407 e. The summed E-state index contributed by atoms with van der Waals surface area (Å²) in [5.74, 6) is -1.24. The van der Waals surface area contributed by atoms with E-state index in [9.17, 15) is 19.6 Å². The number of aromatic nitrogens is 5. The molecule has 242 valence electrons. The molecule has 0 saturated carbocycles. The zero-order valence-corrected chi connectivity index (χ0v) is 26.0. The monoisotopic (exact) mass is 636 g/mol. The predicted octanol–water partition coefficient (Wildman–Crippen LogP) is 3.71. The van der Waals surface area contributed by atoms with E-state index >= 15 is 4.39 Å². The van der Waals surface area contributed by atoms with Gasteiger partial charge in [-0.3, -0.25) is 10.1 Å². The Bertz CT molecular complexity index is 1830. The molecule has 1 amide bonds. The van der Waals surface area contributed by atoms with E-state index in [0.29, 0.717) is 11.3 Å². The predicted molar refractivity (Wildman–Crippen MR) is 161 cm³/mol. The van der Waals surface area contributed by atoms with Crippen molar-refractivity contribution in [1.82, 2.24) is 30.3 Å². The zero-order valence-electron chi connectivity index (χ0n) is 26.0. The third-order valence-electron chi connectivity index (χ3n) is 6.41. The maximum absolute atomic E-state index is 15.7. The lowest BCUT2D eigenvalue weighted by molar-refractivity contribution is 0.0514. The summed E-state index contributed by atoms with van der Waals surface area (Å²) in [5.41, 5.74) is -0.442. The second-order valence-electron chi connectivity index (χ2n) is 10.7. The number of methoxy groups -OCH3 is 2. The number of rotatable bonds is 11. The van der Waals surface area contributed by atoms with E-state index in [1.165, 1.54) is 32.5 Å². The van der Waals surface area contributed by atoms with Gasteiger partial charge in [-0.1, -0.05) is 0 Å². The minimum Gasteiger partial charge on any atom is -0.493 e. The van der Waals surface area contributed by atoms with Gasteiger partial charge in [0.2, 0.25) is 0 Å². The lowest BCUT2D eigenvalue weighted by Crippen LogP contribution is -2.32. The van der Waals surface area contributed by atoms with E-state index in [1.807, 2.05) is 0 Å². The largest absolute Gasteiger partial charge is 0.493 e. The molecule has 4 aromatic rings. The molecule has 1 atom stereocenters. The smallest absolute Gasteiger partial charge is 0.407 e. The number of amides is 1. The van der Waals surface area contributed by atoms with E-state index in [0.717, 1.165) is 10.7 Å². The third kappa shape index (κ3) is 7.44. The number of nitriles is 1. The Morgan fingerprint density at radius 1 is 1.15 bits per heavy atom. The number of benzene rings is 2. The van der Waals surface area contributed by atoms with Crippen LogP contribution in [0, 0.1) is 17.1 Å². The van der Waals surface area contributed by atoms with Crippen LogP contribution in [0.2, 0.25) is 0 Å². The molecule has 1 unspecified atom stereocenters. The summed E-state index contributed by atoms with van der Waals surface area (Å²) in [6.45, 7) is 6.84. The first-order valence-electron chi connectivity index (χ1n) is 14.0. The second-order valence-corrected chi connectivity index (χ2v) is 10.7. The molecule has 16 heteroatoms. The van der Waals surface area contributed by atoms with Gasteiger partial charge in [-0.2, -0.15) is 15.0 Å². The van der Waals surface area contributed by atoms with Crippen LogP contribution in [0.1, 0.15) is 66.6 Å². The summed E-state index contributed by atoms with van der Waals surface area (Å²) in [5, 5.41) is 26.2. The molecular weight excluding hydrogens is 603 g/mol. The van der Waals surface area contributed by atoms with Crippen LogP contribution >= 0.6 is 0 Å². The van der Waals surface area contributed by atoms with Gasteiger partial charge in [0.15, 0.2) is 23.1 Å². The van der Waals surface area contributed by atoms with Gasteiger partial charge < -0.3 is 29.6 Å². The van der Waals surface area contributed by atoms with Gasteiger partial charge in [0, 0.05) is 23.9 Å². The van der Waals surface area contributed by atoms with Gasteiger partial charge >= 0.3 is 17.8 Å². The number of carbonyl (C=O) groups is 2. The van der Waals surface area contributed by atoms with Crippen molar-refractivity contribution in [3.63, 3.8) is 0 Å². The van der Waals surface area contributed by atoms with Gasteiger partial charge in [-0.15, -0.1) is 5.10 Å². The van der Waals surface area contributed by atoms with Crippen molar-refractivity contribution in [3.05, 3.63) is 80.9 Å². The van der Waals surface area contributed by atoms with Crippen LogP contribution in [0.5, 0.6) is 11.5 Å². The fourth-order valence-corrected chi connectivity index (χ4v) is 4.39. The van der Waals surface area contributed by atoms with Crippen molar-refractivity contribution in [2.75, 3.05) is 26.1 Å². The number of alkyl carbamates (subject to hydrolysis) is 1. The average Bonchev–Trinajstić information content (AvgIpc) is 3.64. The highest BCUT2D eigenvalue weighted by atomic mass is 19.1. The fraction of sp³-hybridized carbons (Fsp3) is 0.333. The summed E-state index contributed by atoms with van der Waals surface area (Å²) in [4.78, 5) is 40.5.